The van der Waals surface area contributed by atoms with Crippen molar-refractivity contribution in [2.24, 2.45) is 7.05 Å². The summed E-state index contributed by atoms with van der Waals surface area (Å²) >= 11 is 6.71. The smallest absolute Gasteiger partial charge is 0.169 e. The van der Waals surface area contributed by atoms with E-state index in [0.717, 1.165) is 8.95 Å². The zero-order chi connectivity index (χ0) is 12.4. The van der Waals surface area contributed by atoms with Crippen LogP contribution in [0, 0.1) is 0 Å². The first-order valence-electron chi connectivity index (χ1n) is 4.89. The van der Waals surface area contributed by atoms with Gasteiger partial charge >= 0.3 is 0 Å². The topological polar surface area (TPSA) is 47.8 Å². The van der Waals surface area contributed by atoms with Crippen molar-refractivity contribution >= 4 is 37.6 Å². The molecule has 0 aliphatic rings. The Hall–Kier alpha value is -1.01. The monoisotopic (exact) mass is 357 g/mol. The Bertz CT molecular complexity index is 545. The highest BCUT2D eigenvalue weighted by Gasteiger charge is 2.10. The van der Waals surface area contributed by atoms with Gasteiger partial charge in [0.25, 0.3) is 0 Å². The molecule has 1 aromatic heterocycles. The van der Waals surface area contributed by atoms with E-state index in [0.29, 0.717) is 11.3 Å². The standard InChI is InChI=1S/C11H9Br2N3O/c1-16-6-10(14-15-16)5-11(17)7-2-8(12)4-9(13)3-7/h2-4,6H,5H2,1H3. The molecular formula is C11H9Br2N3O. The maximum Gasteiger partial charge on any atom is 0.169 e. The molecule has 1 aromatic carbocycles. The van der Waals surface area contributed by atoms with Gasteiger partial charge in [0.1, 0.15) is 0 Å². The molecule has 4 nitrogen and oxygen atoms in total. The molecule has 1 heterocycles. The summed E-state index contributed by atoms with van der Waals surface area (Å²) < 4.78 is 3.32. The highest BCUT2D eigenvalue weighted by molar-refractivity contribution is 9.11. The van der Waals surface area contributed by atoms with Gasteiger partial charge in [-0.2, -0.15) is 0 Å². The van der Waals surface area contributed by atoms with Crippen LogP contribution in [0.1, 0.15) is 16.1 Å². The number of hydrogen-bond acceptors (Lipinski definition) is 3. The van der Waals surface area contributed by atoms with E-state index in [1.54, 1.807) is 30.1 Å². The van der Waals surface area contributed by atoms with Crippen LogP contribution in [0.3, 0.4) is 0 Å². The summed E-state index contributed by atoms with van der Waals surface area (Å²) in [7, 11) is 1.77. The van der Waals surface area contributed by atoms with Crippen molar-refractivity contribution in [3.63, 3.8) is 0 Å². The van der Waals surface area contributed by atoms with Gasteiger partial charge in [-0.15, -0.1) is 5.10 Å². The van der Waals surface area contributed by atoms with E-state index in [1.807, 2.05) is 6.07 Å². The maximum absolute atomic E-state index is 12.0. The Labute approximate surface area is 115 Å². The summed E-state index contributed by atoms with van der Waals surface area (Å²) in [5, 5.41) is 7.69. The van der Waals surface area contributed by atoms with Gasteiger partial charge in [-0.1, -0.05) is 37.1 Å². The molecule has 17 heavy (non-hydrogen) atoms. The molecule has 0 saturated carbocycles. The lowest BCUT2D eigenvalue weighted by atomic mass is 10.1. The van der Waals surface area contributed by atoms with Crippen molar-refractivity contribution in [1.82, 2.24) is 15.0 Å². The van der Waals surface area contributed by atoms with Crippen LogP contribution < -0.4 is 0 Å². The quantitative estimate of drug-likeness (QED) is 0.792. The summed E-state index contributed by atoms with van der Waals surface area (Å²) in [5.74, 6) is 0.0208. The van der Waals surface area contributed by atoms with Gasteiger partial charge in [-0.3, -0.25) is 9.48 Å². The number of halogens is 2. The molecule has 0 fully saturated rings. The Kier molecular flexibility index (Phi) is 3.73. The SMILES string of the molecule is Cn1cc(CC(=O)c2cc(Br)cc(Br)c2)nn1. The molecule has 0 aliphatic heterocycles. The zero-order valence-electron chi connectivity index (χ0n) is 9.02. The van der Waals surface area contributed by atoms with Crippen molar-refractivity contribution in [2.45, 2.75) is 6.42 Å². The van der Waals surface area contributed by atoms with E-state index in [-0.39, 0.29) is 12.2 Å². The fourth-order valence-electron chi connectivity index (χ4n) is 1.46. The molecule has 0 aliphatic carbocycles. The Balaban J connectivity index is 2.19. The lowest BCUT2D eigenvalue weighted by molar-refractivity contribution is 0.0992. The Morgan fingerprint density at radius 3 is 2.47 bits per heavy atom. The molecule has 0 saturated heterocycles. The number of aryl methyl sites for hydroxylation is 1. The first-order valence-corrected chi connectivity index (χ1v) is 6.47. The summed E-state index contributed by atoms with van der Waals surface area (Å²) in [4.78, 5) is 12.0. The summed E-state index contributed by atoms with van der Waals surface area (Å²) in [6, 6.07) is 5.48. The molecular weight excluding hydrogens is 350 g/mol. The Morgan fingerprint density at radius 2 is 1.94 bits per heavy atom. The normalized spacial score (nSPS) is 10.5. The molecule has 88 valence electrons. The molecule has 2 aromatic rings. The predicted octanol–water partition coefficient (Wildman–Crippen LogP) is 2.77. The third-order valence-electron chi connectivity index (χ3n) is 2.18. The first-order chi connectivity index (χ1) is 8.04. The second-order valence-corrected chi connectivity index (χ2v) is 5.47. The Morgan fingerprint density at radius 1 is 1.29 bits per heavy atom. The number of carbonyl (C=O) groups excluding carboxylic acids is 1. The van der Waals surface area contributed by atoms with E-state index < -0.39 is 0 Å². The van der Waals surface area contributed by atoms with Gasteiger partial charge in [0.2, 0.25) is 0 Å². The van der Waals surface area contributed by atoms with Gasteiger partial charge in [0, 0.05) is 27.8 Å². The third-order valence-corrected chi connectivity index (χ3v) is 3.09. The van der Waals surface area contributed by atoms with Crippen molar-refractivity contribution < 1.29 is 4.79 Å². The molecule has 6 heteroatoms. The zero-order valence-corrected chi connectivity index (χ0v) is 12.2. The predicted molar refractivity (Wildman–Crippen MR) is 70.9 cm³/mol. The summed E-state index contributed by atoms with van der Waals surface area (Å²) in [6.07, 6.45) is 2.00. The third kappa shape index (κ3) is 3.23. The fourth-order valence-corrected chi connectivity index (χ4v) is 2.75. The van der Waals surface area contributed by atoms with E-state index in [4.69, 9.17) is 0 Å². The largest absolute Gasteiger partial charge is 0.294 e. The lowest BCUT2D eigenvalue weighted by Gasteiger charge is -2.01. The summed E-state index contributed by atoms with van der Waals surface area (Å²) in [5.41, 5.74) is 1.32. The molecule has 0 bridgehead atoms. The lowest BCUT2D eigenvalue weighted by Crippen LogP contribution is -2.04. The molecule has 0 atom stereocenters. The number of aromatic nitrogens is 3. The van der Waals surface area contributed by atoms with Crippen LogP contribution in [0.5, 0.6) is 0 Å². The second-order valence-electron chi connectivity index (χ2n) is 3.64. The van der Waals surface area contributed by atoms with Crippen molar-refractivity contribution in [2.75, 3.05) is 0 Å². The van der Waals surface area contributed by atoms with E-state index in [1.165, 1.54) is 0 Å². The highest BCUT2D eigenvalue weighted by atomic mass is 79.9. The number of rotatable bonds is 3. The van der Waals surface area contributed by atoms with Crippen LogP contribution in [0.25, 0.3) is 0 Å². The van der Waals surface area contributed by atoms with Crippen molar-refractivity contribution in [1.29, 1.82) is 0 Å². The average Bonchev–Trinajstić information content (AvgIpc) is 2.62. The van der Waals surface area contributed by atoms with E-state index >= 15 is 0 Å². The van der Waals surface area contributed by atoms with Crippen LogP contribution >= 0.6 is 31.9 Å². The fraction of sp³-hybridized carbons (Fsp3) is 0.182. The van der Waals surface area contributed by atoms with Gasteiger partial charge in [0.05, 0.1) is 12.1 Å². The minimum atomic E-state index is 0.0208. The minimum Gasteiger partial charge on any atom is -0.294 e. The van der Waals surface area contributed by atoms with Crippen LogP contribution in [0.2, 0.25) is 0 Å². The maximum atomic E-state index is 12.0. The number of ketones is 1. The van der Waals surface area contributed by atoms with Crippen molar-refractivity contribution in [3.8, 4) is 0 Å². The molecule has 2 rings (SSSR count). The number of Topliss-reactive ketones (excluding diaryl/α,β-unsaturated/α-hetero) is 1. The number of benzene rings is 1. The average molecular weight is 359 g/mol. The number of hydrogen-bond donors (Lipinski definition) is 0. The van der Waals surface area contributed by atoms with Crippen LogP contribution in [-0.2, 0) is 13.5 Å². The molecule has 0 unspecified atom stereocenters. The molecule has 0 radical (unpaired) electrons. The molecule has 0 N–H and O–H groups in total. The minimum absolute atomic E-state index is 0.0208. The summed E-state index contributed by atoms with van der Waals surface area (Å²) in [6.45, 7) is 0. The molecule has 0 amide bonds. The first kappa shape index (κ1) is 12.4. The molecule has 0 spiro atoms. The number of carbonyl (C=O) groups is 1. The van der Waals surface area contributed by atoms with Gasteiger partial charge in [-0.05, 0) is 18.2 Å². The van der Waals surface area contributed by atoms with Gasteiger partial charge in [-0.25, -0.2) is 0 Å². The van der Waals surface area contributed by atoms with Crippen LogP contribution in [-0.4, -0.2) is 20.8 Å². The van der Waals surface area contributed by atoms with Crippen molar-refractivity contribution in [3.05, 3.63) is 44.6 Å². The van der Waals surface area contributed by atoms with Gasteiger partial charge in [0.15, 0.2) is 5.78 Å². The van der Waals surface area contributed by atoms with E-state index in [9.17, 15) is 4.79 Å². The highest BCUT2D eigenvalue weighted by Crippen LogP contribution is 2.21. The second kappa shape index (κ2) is 5.10. The number of nitrogens with zero attached hydrogens (tertiary/aromatic N) is 3. The van der Waals surface area contributed by atoms with Crippen LogP contribution in [0.15, 0.2) is 33.3 Å². The van der Waals surface area contributed by atoms with E-state index in [2.05, 4.69) is 42.2 Å². The van der Waals surface area contributed by atoms with Crippen LogP contribution in [0.4, 0.5) is 0 Å². The van der Waals surface area contributed by atoms with Gasteiger partial charge < -0.3 is 0 Å².